The molecule has 0 saturated heterocycles. The number of hydrogen-bond donors (Lipinski definition) is 1. The molecule has 0 heterocycles. The summed E-state index contributed by atoms with van der Waals surface area (Å²) in [6.07, 6.45) is 4.07. The Hall–Kier alpha value is -2.57. The van der Waals surface area contributed by atoms with Gasteiger partial charge in [0, 0.05) is 6.54 Å². The Morgan fingerprint density at radius 2 is 1.26 bits per heavy atom. The zero-order valence-electron chi connectivity index (χ0n) is 24.8. The van der Waals surface area contributed by atoms with E-state index in [1.807, 2.05) is 66.7 Å². The number of amides is 1. The van der Waals surface area contributed by atoms with Crippen LogP contribution in [-0.4, -0.2) is 50.2 Å². The Morgan fingerprint density at radius 3 is 1.69 bits per heavy atom. The molecule has 1 N–H and O–H groups in total. The number of ether oxygens (including phenoxy) is 1. The van der Waals surface area contributed by atoms with Crippen LogP contribution in [0.15, 0.2) is 78.4 Å². The molecular formula is C30H45NO5Si3. The predicted molar refractivity (Wildman–Crippen MR) is 168 cm³/mol. The van der Waals surface area contributed by atoms with Gasteiger partial charge in [0.1, 0.15) is 5.57 Å². The Labute approximate surface area is 238 Å². The highest BCUT2D eigenvalue weighted by molar-refractivity contribution is 6.87. The molecule has 0 radical (unpaired) electrons. The zero-order valence-corrected chi connectivity index (χ0v) is 27.8. The Balaban J connectivity index is 2.24. The van der Waals surface area contributed by atoms with Crippen molar-refractivity contribution in [1.29, 1.82) is 0 Å². The summed E-state index contributed by atoms with van der Waals surface area (Å²) < 4.78 is 18.3. The lowest BCUT2D eigenvalue weighted by Gasteiger charge is -2.38. The van der Waals surface area contributed by atoms with Gasteiger partial charge in [-0.15, -0.1) is 0 Å². The minimum Gasteiger partial charge on any atom is -0.462 e. The fourth-order valence-corrected chi connectivity index (χ4v) is 16.9. The summed E-state index contributed by atoms with van der Waals surface area (Å²) in [5.74, 6) is -1.10. The van der Waals surface area contributed by atoms with E-state index in [9.17, 15) is 9.59 Å². The number of carbonyl (C=O) groups excluding carboxylic acids is 2. The molecule has 2 aromatic rings. The van der Waals surface area contributed by atoms with Crippen LogP contribution in [0, 0.1) is 0 Å². The third kappa shape index (κ3) is 12.0. The first kappa shape index (κ1) is 32.6. The molecule has 39 heavy (non-hydrogen) atoms. The normalized spacial score (nSPS) is 12.6. The van der Waals surface area contributed by atoms with Crippen molar-refractivity contribution in [2.24, 2.45) is 0 Å². The maximum Gasteiger partial charge on any atom is 0.343 e. The maximum absolute atomic E-state index is 13.2. The standard InChI is InChI=1S/C30H45NO5Si3/c1-9-34-30(33)28(22-21-27(25-17-12-10-13-18-25)26-19-14-11-15-20-26)29(32)31-23-16-24-39(8,35-37(2,3)4)36-38(5,6)7/h10-15,17-22H,9,16,23-24H2,1-8H3,(H,31,32). The van der Waals surface area contributed by atoms with E-state index in [1.54, 1.807) is 13.0 Å². The molecule has 2 rings (SSSR count). The first-order chi connectivity index (χ1) is 18.2. The summed E-state index contributed by atoms with van der Waals surface area (Å²) >= 11 is 0. The van der Waals surface area contributed by atoms with Gasteiger partial charge in [-0.2, -0.15) is 0 Å². The zero-order chi connectivity index (χ0) is 29.1. The minimum absolute atomic E-state index is 0.0297. The van der Waals surface area contributed by atoms with E-state index < -0.39 is 37.1 Å². The number of allylic oxidation sites excluding steroid dienone is 2. The van der Waals surface area contributed by atoms with Crippen molar-refractivity contribution in [2.75, 3.05) is 13.2 Å². The van der Waals surface area contributed by atoms with Crippen molar-refractivity contribution in [1.82, 2.24) is 5.32 Å². The highest BCUT2D eigenvalue weighted by Gasteiger charge is 2.39. The van der Waals surface area contributed by atoms with Crippen LogP contribution in [0.2, 0.25) is 51.9 Å². The summed E-state index contributed by atoms with van der Waals surface area (Å²) in [7, 11) is -6.00. The highest BCUT2D eigenvalue weighted by atomic mass is 28.5. The average molecular weight is 584 g/mol. The topological polar surface area (TPSA) is 73.9 Å². The third-order valence-electron chi connectivity index (χ3n) is 5.46. The summed E-state index contributed by atoms with van der Waals surface area (Å²) in [6.45, 7) is 17.5. The molecule has 2 aromatic carbocycles. The minimum atomic E-state index is -2.40. The van der Waals surface area contributed by atoms with E-state index in [2.05, 4.69) is 51.1 Å². The first-order valence-corrected chi connectivity index (χ1v) is 23.0. The quantitative estimate of drug-likeness (QED) is 0.0499. The molecule has 0 spiro atoms. The van der Waals surface area contributed by atoms with Crippen molar-refractivity contribution in [3.8, 4) is 0 Å². The van der Waals surface area contributed by atoms with Crippen molar-refractivity contribution < 1.29 is 22.6 Å². The molecule has 1 amide bonds. The van der Waals surface area contributed by atoms with Gasteiger partial charge in [0.2, 0.25) is 0 Å². The molecule has 9 heteroatoms. The monoisotopic (exact) mass is 583 g/mol. The molecule has 0 aliphatic rings. The van der Waals surface area contributed by atoms with Gasteiger partial charge in [0.25, 0.3) is 5.91 Å². The number of nitrogens with one attached hydrogen (secondary N) is 1. The number of esters is 1. The Bertz CT molecular complexity index is 1080. The molecule has 0 saturated carbocycles. The van der Waals surface area contributed by atoms with Crippen molar-refractivity contribution in [3.05, 3.63) is 89.5 Å². The van der Waals surface area contributed by atoms with Gasteiger partial charge in [0.15, 0.2) is 16.6 Å². The largest absolute Gasteiger partial charge is 0.462 e. The van der Waals surface area contributed by atoms with Crippen LogP contribution in [-0.2, 0) is 22.6 Å². The lowest BCUT2D eigenvalue weighted by molar-refractivity contribution is -0.140. The highest BCUT2D eigenvalue weighted by Crippen LogP contribution is 2.26. The fraction of sp³-hybridized carbons (Fsp3) is 0.400. The molecular weight excluding hydrogens is 539 g/mol. The van der Waals surface area contributed by atoms with E-state index >= 15 is 0 Å². The molecule has 0 aliphatic carbocycles. The second-order valence-electron chi connectivity index (χ2n) is 11.5. The molecule has 6 nitrogen and oxygen atoms in total. The van der Waals surface area contributed by atoms with Gasteiger partial charge in [-0.3, -0.25) is 4.79 Å². The van der Waals surface area contributed by atoms with E-state index in [0.717, 1.165) is 22.7 Å². The lowest BCUT2D eigenvalue weighted by atomic mass is 9.97. The van der Waals surface area contributed by atoms with Gasteiger partial charge in [-0.05, 0) is 88.0 Å². The molecule has 0 atom stereocenters. The molecule has 0 aliphatic heterocycles. The number of hydrogen-bond acceptors (Lipinski definition) is 5. The molecule has 0 unspecified atom stereocenters. The first-order valence-electron chi connectivity index (χ1n) is 13.6. The van der Waals surface area contributed by atoms with Crippen LogP contribution in [0.4, 0.5) is 0 Å². The van der Waals surface area contributed by atoms with Crippen LogP contribution in [0.3, 0.4) is 0 Å². The summed E-state index contributed by atoms with van der Waals surface area (Å²) in [6, 6.07) is 20.5. The average Bonchev–Trinajstić information content (AvgIpc) is 2.83. The third-order valence-corrected chi connectivity index (χ3v) is 15.1. The van der Waals surface area contributed by atoms with Crippen LogP contribution in [0.25, 0.3) is 5.57 Å². The van der Waals surface area contributed by atoms with E-state index in [0.29, 0.717) is 13.0 Å². The van der Waals surface area contributed by atoms with E-state index in [1.165, 1.54) is 0 Å². The summed E-state index contributed by atoms with van der Waals surface area (Å²) in [5, 5.41) is 2.92. The van der Waals surface area contributed by atoms with Crippen molar-refractivity contribution in [3.63, 3.8) is 0 Å². The van der Waals surface area contributed by atoms with Gasteiger partial charge in [0.05, 0.1) is 6.61 Å². The second-order valence-corrected chi connectivity index (χ2v) is 24.4. The van der Waals surface area contributed by atoms with Crippen LogP contribution >= 0.6 is 0 Å². The van der Waals surface area contributed by atoms with Gasteiger partial charge in [-0.1, -0.05) is 66.7 Å². The second kappa shape index (κ2) is 14.7. The van der Waals surface area contributed by atoms with Gasteiger partial charge in [-0.25, -0.2) is 4.79 Å². The van der Waals surface area contributed by atoms with Crippen molar-refractivity contribution in [2.45, 2.75) is 65.2 Å². The number of carbonyl (C=O) groups is 2. The maximum atomic E-state index is 13.2. The molecule has 0 fully saturated rings. The molecule has 212 valence electrons. The Kier molecular flexibility index (Phi) is 12.3. The summed E-state index contributed by atoms with van der Waals surface area (Å²) in [5.41, 5.74) is 2.84. The molecule has 0 aromatic heterocycles. The summed E-state index contributed by atoms with van der Waals surface area (Å²) in [4.78, 5) is 26.0. The van der Waals surface area contributed by atoms with E-state index in [4.69, 9.17) is 13.0 Å². The number of rotatable bonds is 14. The van der Waals surface area contributed by atoms with Gasteiger partial charge >= 0.3 is 14.5 Å². The Morgan fingerprint density at radius 1 is 0.769 bits per heavy atom. The lowest BCUT2D eigenvalue weighted by Crippen LogP contribution is -2.52. The van der Waals surface area contributed by atoms with Crippen molar-refractivity contribution >= 4 is 42.6 Å². The smallest absolute Gasteiger partial charge is 0.343 e. The van der Waals surface area contributed by atoms with Crippen LogP contribution in [0.5, 0.6) is 0 Å². The fourth-order valence-electron chi connectivity index (χ4n) is 4.33. The van der Waals surface area contributed by atoms with Crippen LogP contribution in [0.1, 0.15) is 24.5 Å². The van der Waals surface area contributed by atoms with Gasteiger partial charge < -0.3 is 18.3 Å². The van der Waals surface area contributed by atoms with Crippen LogP contribution < -0.4 is 5.32 Å². The number of benzene rings is 2. The SMILES string of the molecule is CCOC(=O)C(=CC=C(c1ccccc1)c1ccccc1)C(=O)NCCC[Si](C)(O[Si](C)(C)C)O[Si](C)(C)C. The molecule has 0 bridgehead atoms. The van der Waals surface area contributed by atoms with E-state index in [-0.39, 0.29) is 12.2 Å². The predicted octanol–water partition coefficient (Wildman–Crippen LogP) is 6.89.